The molecule has 6 nitrogen and oxygen atoms in total. The van der Waals surface area contributed by atoms with Gasteiger partial charge in [-0.2, -0.15) is 0 Å². The lowest BCUT2D eigenvalue weighted by Crippen LogP contribution is -2.25. The van der Waals surface area contributed by atoms with Gasteiger partial charge in [0.25, 0.3) is 5.91 Å². The summed E-state index contributed by atoms with van der Waals surface area (Å²) in [4.78, 5) is 17.3. The summed E-state index contributed by atoms with van der Waals surface area (Å²) in [5.41, 5.74) is 1.39. The zero-order valence-electron chi connectivity index (χ0n) is 16.7. The van der Waals surface area contributed by atoms with Crippen LogP contribution >= 0.6 is 11.8 Å². The first-order valence-electron chi connectivity index (χ1n) is 9.91. The van der Waals surface area contributed by atoms with Gasteiger partial charge in [0.2, 0.25) is 0 Å². The average molecular weight is 425 g/mol. The van der Waals surface area contributed by atoms with Crippen LogP contribution in [0.2, 0.25) is 0 Å². The van der Waals surface area contributed by atoms with Crippen molar-refractivity contribution in [2.24, 2.45) is 0 Å². The number of ether oxygens (including phenoxy) is 2. The number of thioether (sulfide) groups is 1. The number of fused-ring (bicyclic) bond motifs is 1. The minimum absolute atomic E-state index is 0.0682. The Balaban J connectivity index is 1.39. The number of pyridine rings is 1. The van der Waals surface area contributed by atoms with Crippen LogP contribution in [-0.2, 0) is 0 Å². The summed E-state index contributed by atoms with van der Waals surface area (Å²) < 4.78 is 10.8. The maximum Gasteiger partial charge on any atom is 0.252 e. The smallest absolute Gasteiger partial charge is 0.252 e. The fraction of sp³-hybridized carbons (Fsp3) is 0.304. The number of aromatic nitrogens is 1. The molecule has 1 heterocycles. The fourth-order valence-electron chi connectivity index (χ4n) is 3.00. The number of hydrogen-bond donors (Lipinski definition) is 2. The van der Waals surface area contributed by atoms with Crippen LogP contribution in [-0.4, -0.2) is 47.6 Å². The van der Waals surface area contributed by atoms with Crippen LogP contribution < -0.4 is 14.8 Å². The monoisotopic (exact) mass is 424 g/mol. The number of nitrogens with one attached hydrogen (secondary N) is 1. The Bertz CT molecular complexity index is 1020. The number of aliphatic hydroxyl groups is 1. The Kier molecular flexibility index (Phi) is 6.40. The van der Waals surface area contributed by atoms with Gasteiger partial charge in [-0.1, -0.05) is 18.2 Å². The normalized spacial score (nSPS) is 14.3. The van der Waals surface area contributed by atoms with E-state index in [2.05, 4.69) is 10.3 Å². The highest BCUT2D eigenvalue weighted by Gasteiger charge is 2.25. The molecule has 1 aliphatic carbocycles. The zero-order chi connectivity index (χ0) is 20.9. The van der Waals surface area contributed by atoms with Crippen LogP contribution in [0.25, 0.3) is 10.9 Å². The van der Waals surface area contributed by atoms with Crippen LogP contribution in [0.5, 0.6) is 11.5 Å². The van der Waals surface area contributed by atoms with Crippen molar-refractivity contribution in [2.45, 2.75) is 30.0 Å². The summed E-state index contributed by atoms with van der Waals surface area (Å²) >= 11 is 1.41. The van der Waals surface area contributed by atoms with Crippen molar-refractivity contribution in [2.75, 3.05) is 19.5 Å². The quantitative estimate of drug-likeness (QED) is 0.510. The van der Waals surface area contributed by atoms with E-state index in [9.17, 15) is 9.90 Å². The molecule has 30 heavy (non-hydrogen) atoms. The topological polar surface area (TPSA) is 80.7 Å². The second-order valence-electron chi connectivity index (χ2n) is 7.22. The fourth-order valence-corrected chi connectivity index (χ4v) is 3.82. The van der Waals surface area contributed by atoms with Gasteiger partial charge in [-0.25, -0.2) is 4.98 Å². The minimum atomic E-state index is -0.672. The Morgan fingerprint density at radius 2 is 1.93 bits per heavy atom. The van der Waals surface area contributed by atoms with E-state index in [0.29, 0.717) is 22.1 Å². The van der Waals surface area contributed by atoms with E-state index < -0.39 is 6.10 Å². The SMILES string of the molecule is COc1ccc(OC[C@@H](O)CSc2cc(C(=O)NC3CC3)c3ccccc3n2)cc1. The van der Waals surface area contributed by atoms with E-state index in [1.807, 2.05) is 42.5 Å². The molecule has 4 rings (SSSR count). The average Bonchev–Trinajstić information content (AvgIpc) is 3.60. The predicted octanol–water partition coefficient (Wildman–Crippen LogP) is 3.67. The number of benzene rings is 2. The Hall–Kier alpha value is -2.77. The van der Waals surface area contributed by atoms with Crippen LogP contribution in [0.15, 0.2) is 59.6 Å². The van der Waals surface area contributed by atoms with E-state index in [4.69, 9.17) is 9.47 Å². The van der Waals surface area contributed by atoms with E-state index >= 15 is 0 Å². The number of amides is 1. The number of para-hydroxylation sites is 1. The maximum atomic E-state index is 12.7. The molecule has 2 aromatic carbocycles. The van der Waals surface area contributed by atoms with Crippen molar-refractivity contribution in [3.63, 3.8) is 0 Å². The van der Waals surface area contributed by atoms with Gasteiger partial charge in [0.15, 0.2) is 0 Å². The molecule has 1 amide bonds. The minimum Gasteiger partial charge on any atom is -0.497 e. The van der Waals surface area contributed by atoms with E-state index in [0.717, 1.165) is 29.5 Å². The molecule has 1 atom stereocenters. The molecule has 0 saturated heterocycles. The molecule has 0 bridgehead atoms. The number of carbonyl (C=O) groups excluding carboxylic acids is 1. The third-order valence-corrected chi connectivity index (χ3v) is 5.83. The summed E-state index contributed by atoms with van der Waals surface area (Å²) in [5, 5.41) is 14.9. The molecule has 1 aromatic heterocycles. The van der Waals surface area contributed by atoms with Crippen LogP contribution in [0.4, 0.5) is 0 Å². The second-order valence-corrected chi connectivity index (χ2v) is 8.26. The second kappa shape index (κ2) is 9.36. The van der Waals surface area contributed by atoms with Crippen LogP contribution in [0, 0.1) is 0 Å². The zero-order valence-corrected chi connectivity index (χ0v) is 17.5. The molecule has 0 unspecified atom stereocenters. The van der Waals surface area contributed by atoms with Gasteiger partial charge in [-0.05, 0) is 49.2 Å². The standard InChI is InChI=1S/C23H24N2O4S/c1-28-17-8-10-18(11-9-17)29-13-16(26)14-30-22-12-20(23(27)24-15-6-7-15)19-4-2-3-5-21(19)25-22/h2-5,8-12,15-16,26H,6-7,13-14H2,1H3,(H,24,27)/t16-/m1/s1. The van der Waals surface area contributed by atoms with Crippen LogP contribution in [0.3, 0.4) is 0 Å². The molecule has 2 N–H and O–H groups in total. The molecule has 0 spiro atoms. The third kappa shape index (κ3) is 5.23. The maximum absolute atomic E-state index is 12.7. The van der Waals surface area contributed by atoms with Gasteiger partial charge in [0.05, 0.1) is 29.3 Å². The van der Waals surface area contributed by atoms with Gasteiger partial charge < -0.3 is 19.9 Å². The highest BCUT2D eigenvalue weighted by Crippen LogP contribution is 2.26. The number of methoxy groups -OCH3 is 1. The van der Waals surface area contributed by atoms with E-state index in [-0.39, 0.29) is 18.6 Å². The molecule has 7 heteroatoms. The molecular formula is C23H24N2O4S. The van der Waals surface area contributed by atoms with Gasteiger partial charge in [-0.15, -0.1) is 11.8 Å². The van der Waals surface area contributed by atoms with Crippen molar-refractivity contribution in [1.82, 2.24) is 10.3 Å². The van der Waals surface area contributed by atoms with E-state index in [1.54, 1.807) is 19.2 Å². The van der Waals surface area contributed by atoms with Crippen molar-refractivity contribution in [3.05, 3.63) is 60.2 Å². The molecular weight excluding hydrogens is 400 g/mol. The molecule has 0 aliphatic heterocycles. The molecule has 0 radical (unpaired) electrons. The van der Waals surface area contributed by atoms with Crippen molar-refractivity contribution in [1.29, 1.82) is 0 Å². The van der Waals surface area contributed by atoms with Crippen molar-refractivity contribution >= 4 is 28.6 Å². The van der Waals surface area contributed by atoms with Crippen molar-refractivity contribution in [3.8, 4) is 11.5 Å². The van der Waals surface area contributed by atoms with Gasteiger partial charge in [0, 0.05) is 17.2 Å². The van der Waals surface area contributed by atoms with E-state index in [1.165, 1.54) is 11.8 Å². The predicted molar refractivity (Wildman–Crippen MR) is 117 cm³/mol. The van der Waals surface area contributed by atoms with Gasteiger partial charge in [-0.3, -0.25) is 4.79 Å². The largest absolute Gasteiger partial charge is 0.497 e. The summed E-state index contributed by atoms with van der Waals surface area (Å²) in [6, 6.07) is 16.9. The first-order valence-corrected chi connectivity index (χ1v) is 10.9. The number of nitrogens with zero attached hydrogens (tertiary/aromatic N) is 1. The highest BCUT2D eigenvalue weighted by molar-refractivity contribution is 7.99. The Morgan fingerprint density at radius 3 is 2.67 bits per heavy atom. The van der Waals surface area contributed by atoms with Gasteiger partial charge >= 0.3 is 0 Å². The first kappa shape index (κ1) is 20.5. The molecule has 1 aliphatic rings. The summed E-state index contributed by atoms with van der Waals surface area (Å²) in [6.07, 6.45) is 1.40. The van der Waals surface area contributed by atoms with Crippen LogP contribution in [0.1, 0.15) is 23.2 Å². The van der Waals surface area contributed by atoms with Gasteiger partial charge in [0.1, 0.15) is 18.1 Å². The lowest BCUT2D eigenvalue weighted by molar-refractivity contribution is 0.0952. The first-order chi connectivity index (χ1) is 14.6. The highest BCUT2D eigenvalue weighted by atomic mass is 32.2. The van der Waals surface area contributed by atoms with Crippen molar-refractivity contribution < 1.29 is 19.4 Å². The Labute approximate surface area is 179 Å². The summed E-state index contributed by atoms with van der Waals surface area (Å²) in [5.74, 6) is 1.76. The third-order valence-electron chi connectivity index (χ3n) is 4.78. The lowest BCUT2D eigenvalue weighted by Gasteiger charge is -2.13. The molecule has 3 aromatic rings. The Morgan fingerprint density at radius 1 is 1.20 bits per heavy atom. The molecule has 1 saturated carbocycles. The summed E-state index contributed by atoms with van der Waals surface area (Å²) in [7, 11) is 1.61. The lowest BCUT2D eigenvalue weighted by atomic mass is 10.1. The number of hydrogen-bond acceptors (Lipinski definition) is 6. The summed E-state index contributed by atoms with van der Waals surface area (Å²) in [6.45, 7) is 0.169. The number of carbonyl (C=O) groups is 1. The molecule has 156 valence electrons. The number of aliphatic hydroxyl groups excluding tert-OH is 1. The molecule has 1 fully saturated rings. The number of rotatable bonds is 9.